The second-order valence-corrected chi connectivity index (χ2v) is 5.33. The Labute approximate surface area is 103 Å². The van der Waals surface area contributed by atoms with Crippen molar-refractivity contribution in [2.75, 3.05) is 12.4 Å². The average Bonchev–Trinajstić information content (AvgIpc) is 2.27. The normalized spacial score (nSPS) is 11.0. The Morgan fingerprint density at radius 2 is 2.11 bits per heavy atom. The van der Waals surface area contributed by atoms with E-state index in [9.17, 15) is 22.4 Å². The van der Waals surface area contributed by atoms with Gasteiger partial charge in [0.15, 0.2) is 15.6 Å². The summed E-state index contributed by atoms with van der Waals surface area (Å²) in [5, 5.41) is 0. The van der Waals surface area contributed by atoms with Crippen LogP contribution in [0, 0.1) is 5.82 Å². The first kappa shape index (κ1) is 14.3. The fraction of sp³-hybridized carbons (Fsp3) is 0.273. The summed E-state index contributed by atoms with van der Waals surface area (Å²) in [6, 6.07) is 2.91. The Morgan fingerprint density at radius 3 is 2.61 bits per heavy atom. The number of halogens is 1. The standard InChI is InChI=1S/C11H11FO5S/c1-2-17-11(14)7-18(15,16)10-4-3-8(6-13)5-9(10)12/h3-6H,2,7H2,1H3. The third-order valence-corrected chi connectivity index (χ3v) is 3.66. The van der Waals surface area contributed by atoms with Crippen molar-refractivity contribution in [3.05, 3.63) is 29.6 Å². The molecule has 1 aromatic rings. The molecule has 0 aliphatic carbocycles. The van der Waals surface area contributed by atoms with Crippen LogP contribution in [0.4, 0.5) is 4.39 Å². The van der Waals surface area contributed by atoms with Gasteiger partial charge in [-0.3, -0.25) is 9.59 Å². The van der Waals surface area contributed by atoms with Crippen LogP contribution in [0.15, 0.2) is 23.1 Å². The first-order valence-corrected chi connectivity index (χ1v) is 6.69. The quantitative estimate of drug-likeness (QED) is 0.590. The number of sulfone groups is 1. The summed E-state index contributed by atoms with van der Waals surface area (Å²) in [7, 11) is -4.10. The van der Waals surface area contributed by atoms with Crippen molar-refractivity contribution < 1.29 is 27.1 Å². The predicted octanol–water partition coefficient (Wildman–Crippen LogP) is 0.975. The molecule has 7 heteroatoms. The van der Waals surface area contributed by atoms with Gasteiger partial charge < -0.3 is 4.74 Å². The van der Waals surface area contributed by atoms with Gasteiger partial charge in [-0.05, 0) is 19.1 Å². The van der Waals surface area contributed by atoms with E-state index in [1.54, 1.807) is 0 Å². The molecule has 0 aliphatic heterocycles. The van der Waals surface area contributed by atoms with Gasteiger partial charge in [0.1, 0.15) is 17.0 Å². The first-order valence-electron chi connectivity index (χ1n) is 5.04. The van der Waals surface area contributed by atoms with Gasteiger partial charge in [-0.1, -0.05) is 6.07 Å². The largest absolute Gasteiger partial charge is 0.465 e. The number of carbonyl (C=O) groups excluding carboxylic acids is 2. The summed E-state index contributed by atoms with van der Waals surface area (Å²) in [4.78, 5) is 20.9. The van der Waals surface area contributed by atoms with Crippen molar-refractivity contribution in [2.45, 2.75) is 11.8 Å². The van der Waals surface area contributed by atoms with Crippen molar-refractivity contribution in [3.63, 3.8) is 0 Å². The lowest BCUT2D eigenvalue weighted by atomic mass is 10.2. The minimum Gasteiger partial charge on any atom is -0.465 e. The zero-order valence-electron chi connectivity index (χ0n) is 9.55. The van der Waals surface area contributed by atoms with E-state index in [4.69, 9.17) is 0 Å². The number of esters is 1. The maximum atomic E-state index is 13.5. The molecule has 0 unspecified atom stereocenters. The number of hydrogen-bond donors (Lipinski definition) is 0. The number of ether oxygens (including phenoxy) is 1. The van der Waals surface area contributed by atoms with Crippen LogP contribution in [-0.2, 0) is 19.4 Å². The van der Waals surface area contributed by atoms with Crippen molar-refractivity contribution in [1.82, 2.24) is 0 Å². The highest BCUT2D eigenvalue weighted by Gasteiger charge is 2.23. The molecule has 1 rings (SSSR count). The SMILES string of the molecule is CCOC(=O)CS(=O)(=O)c1ccc(C=O)cc1F. The molecule has 1 aromatic carbocycles. The molecular formula is C11H11FO5S. The van der Waals surface area contributed by atoms with E-state index in [1.165, 1.54) is 6.92 Å². The Kier molecular flexibility index (Phi) is 4.55. The molecule has 0 heterocycles. The van der Waals surface area contributed by atoms with E-state index < -0.39 is 32.3 Å². The molecule has 0 aromatic heterocycles. The van der Waals surface area contributed by atoms with Crippen LogP contribution < -0.4 is 0 Å². The smallest absolute Gasteiger partial charge is 0.321 e. The molecule has 0 N–H and O–H groups in total. The number of benzene rings is 1. The van der Waals surface area contributed by atoms with Crippen molar-refractivity contribution in [3.8, 4) is 0 Å². The third-order valence-electron chi connectivity index (χ3n) is 2.04. The molecular weight excluding hydrogens is 263 g/mol. The summed E-state index contributed by atoms with van der Waals surface area (Å²) in [5.41, 5.74) is 0.0163. The fourth-order valence-electron chi connectivity index (χ4n) is 1.28. The van der Waals surface area contributed by atoms with Gasteiger partial charge in [0.2, 0.25) is 0 Å². The van der Waals surface area contributed by atoms with E-state index in [2.05, 4.69) is 4.74 Å². The van der Waals surface area contributed by atoms with Gasteiger partial charge in [0.05, 0.1) is 6.61 Å². The Morgan fingerprint density at radius 1 is 1.44 bits per heavy atom. The summed E-state index contributed by atoms with van der Waals surface area (Å²) in [6.45, 7) is 1.57. The Bertz CT molecular complexity index is 565. The van der Waals surface area contributed by atoms with Gasteiger partial charge in [0, 0.05) is 5.56 Å². The van der Waals surface area contributed by atoms with Crippen molar-refractivity contribution in [1.29, 1.82) is 0 Å². The van der Waals surface area contributed by atoms with Gasteiger partial charge in [0.25, 0.3) is 0 Å². The molecule has 98 valence electrons. The minimum absolute atomic E-state index is 0.0163. The monoisotopic (exact) mass is 274 g/mol. The summed E-state index contributed by atoms with van der Waals surface area (Å²) < 4.78 is 41.4. The van der Waals surface area contributed by atoms with Crippen molar-refractivity contribution >= 4 is 22.1 Å². The third kappa shape index (κ3) is 3.36. The highest BCUT2D eigenvalue weighted by molar-refractivity contribution is 7.92. The topological polar surface area (TPSA) is 77.5 Å². The highest BCUT2D eigenvalue weighted by atomic mass is 32.2. The van der Waals surface area contributed by atoms with E-state index in [-0.39, 0.29) is 12.2 Å². The maximum absolute atomic E-state index is 13.5. The zero-order chi connectivity index (χ0) is 13.8. The lowest BCUT2D eigenvalue weighted by Gasteiger charge is -2.05. The maximum Gasteiger partial charge on any atom is 0.321 e. The summed E-state index contributed by atoms with van der Waals surface area (Å²) in [6.07, 6.45) is 0.394. The molecule has 0 atom stereocenters. The van der Waals surface area contributed by atoms with Crippen LogP contribution in [0.25, 0.3) is 0 Å². The number of rotatable bonds is 5. The van der Waals surface area contributed by atoms with Crippen LogP contribution in [0.5, 0.6) is 0 Å². The number of aldehydes is 1. The van der Waals surface area contributed by atoms with E-state index in [1.807, 2.05) is 0 Å². The molecule has 0 aliphatic rings. The van der Waals surface area contributed by atoms with Crippen molar-refractivity contribution in [2.24, 2.45) is 0 Å². The van der Waals surface area contributed by atoms with Gasteiger partial charge >= 0.3 is 5.97 Å². The molecule has 0 fully saturated rings. The van der Waals surface area contributed by atoms with Crippen LogP contribution >= 0.6 is 0 Å². The second-order valence-electron chi connectivity index (χ2n) is 3.37. The molecule has 0 radical (unpaired) electrons. The minimum atomic E-state index is -4.10. The Hall–Kier alpha value is -1.76. The molecule has 0 saturated carbocycles. The lowest BCUT2D eigenvalue weighted by molar-refractivity contribution is -0.139. The van der Waals surface area contributed by atoms with Gasteiger partial charge in [-0.15, -0.1) is 0 Å². The molecule has 0 bridgehead atoms. The number of carbonyl (C=O) groups is 2. The molecule has 0 spiro atoms. The molecule has 18 heavy (non-hydrogen) atoms. The zero-order valence-corrected chi connectivity index (χ0v) is 10.4. The molecule has 5 nitrogen and oxygen atoms in total. The lowest BCUT2D eigenvalue weighted by Crippen LogP contribution is -2.19. The van der Waals surface area contributed by atoms with Crippen LogP contribution in [-0.4, -0.2) is 33.0 Å². The summed E-state index contributed by atoms with van der Waals surface area (Å²) in [5.74, 6) is -2.95. The Balaban J connectivity index is 3.05. The van der Waals surface area contributed by atoms with E-state index in [0.29, 0.717) is 6.29 Å². The van der Waals surface area contributed by atoms with Gasteiger partial charge in [-0.2, -0.15) is 0 Å². The highest BCUT2D eigenvalue weighted by Crippen LogP contribution is 2.17. The summed E-state index contributed by atoms with van der Waals surface area (Å²) >= 11 is 0. The molecule has 0 saturated heterocycles. The van der Waals surface area contributed by atoms with E-state index in [0.717, 1.165) is 18.2 Å². The number of hydrogen-bond acceptors (Lipinski definition) is 5. The van der Waals surface area contributed by atoms with Gasteiger partial charge in [-0.25, -0.2) is 12.8 Å². The van der Waals surface area contributed by atoms with Crippen LogP contribution in [0.1, 0.15) is 17.3 Å². The van der Waals surface area contributed by atoms with Crippen LogP contribution in [0.2, 0.25) is 0 Å². The van der Waals surface area contributed by atoms with E-state index >= 15 is 0 Å². The fourth-order valence-corrected chi connectivity index (χ4v) is 2.46. The van der Waals surface area contributed by atoms with Crippen LogP contribution in [0.3, 0.4) is 0 Å². The molecule has 0 amide bonds. The second kappa shape index (κ2) is 5.72. The predicted molar refractivity (Wildman–Crippen MR) is 60.5 cm³/mol. The first-order chi connectivity index (χ1) is 8.40. The average molecular weight is 274 g/mol.